The van der Waals surface area contributed by atoms with Gasteiger partial charge in [0.05, 0.1) is 26.4 Å². The number of carbonyl (C=O) groups is 4. The summed E-state index contributed by atoms with van der Waals surface area (Å²) in [6.45, 7) is 14.4. The van der Waals surface area contributed by atoms with E-state index in [1.807, 2.05) is 0 Å². The van der Waals surface area contributed by atoms with Crippen LogP contribution >= 0.6 is 15.6 Å². The highest BCUT2D eigenvalue weighted by Gasteiger charge is 2.31. The lowest BCUT2D eigenvalue weighted by Gasteiger charge is -2.21. The average Bonchev–Trinajstić information content (AvgIpc) is 0.978. The highest BCUT2D eigenvalue weighted by Crippen LogP contribution is 2.45. The van der Waals surface area contributed by atoms with Gasteiger partial charge in [0.25, 0.3) is 0 Å². The molecule has 0 radical (unpaired) electrons. The molecule has 0 saturated heterocycles. The molecular weight excluding hydrogens is 1400 g/mol. The lowest BCUT2D eigenvalue weighted by molar-refractivity contribution is -0.161. The molecule has 0 amide bonds. The van der Waals surface area contributed by atoms with Crippen LogP contribution in [0.3, 0.4) is 0 Å². The summed E-state index contributed by atoms with van der Waals surface area (Å²) in [5.41, 5.74) is 0. The zero-order valence-corrected chi connectivity index (χ0v) is 73.3. The zero-order chi connectivity index (χ0) is 79.5. The van der Waals surface area contributed by atoms with Crippen LogP contribution in [0.2, 0.25) is 0 Å². The van der Waals surface area contributed by atoms with Crippen LogP contribution in [0.1, 0.15) is 466 Å². The van der Waals surface area contributed by atoms with Gasteiger partial charge in [0, 0.05) is 25.7 Å². The van der Waals surface area contributed by atoms with E-state index in [-0.39, 0.29) is 25.7 Å². The summed E-state index contributed by atoms with van der Waals surface area (Å²) in [6.07, 6.45) is 68.2. The van der Waals surface area contributed by atoms with Crippen LogP contribution in [0.5, 0.6) is 0 Å². The standard InChI is InChI=1S/C89H174O17P2/c1-9-82(8)68-60-52-44-36-30-23-19-15-11-13-17-21-25-32-38-46-55-63-71-88(93)105-84(75-99-86(91)69-61-53-45-37-31-24-20-16-12-10-14-18-22-28-34-41-49-57-65-79(2)3)77-103-107(95,96)101-73-83(90)74-102-108(97,98)104-78-85(76-100-87(92)70-62-54-48-40-43-51-59-67-81(6)7)106-89(94)72-64-56-47-39-33-27-26-29-35-42-50-58-66-80(4)5/h79-85,90H,9-78H2,1-8H3,(H,95,96)(H,97,98)/t82?,83?,84-,85-/m1/s1. The summed E-state index contributed by atoms with van der Waals surface area (Å²) < 4.78 is 68.9. The highest BCUT2D eigenvalue weighted by atomic mass is 31.2. The summed E-state index contributed by atoms with van der Waals surface area (Å²) in [7, 11) is -9.93. The van der Waals surface area contributed by atoms with E-state index < -0.39 is 97.5 Å². The smallest absolute Gasteiger partial charge is 0.462 e. The topological polar surface area (TPSA) is 237 Å². The van der Waals surface area contributed by atoms with Crippen molar-refractivity contribution in [3.05, 3.63) is 0 Å². The molecule has 19 heteroatoms. The number of unbranched alkanes of at least 4 members (excludes halogenated alkanes) is 51. The molecule has 0 bridgehead atoms. The molecule has 0 spiro atoms. The third kappa shape index (κ3) is 80.7. The van der Waals surface area contributed by atoms with Crippen molar-refractivity contribution in [2.45, 2.75) is 485 Å². The first kappa shape index (κ1) is 106. The largest absolute Gasteiger partial charge is 0.472 e. The third-order valence-electron chi connectivity index (χ3n) is 21.2. The van der Waals surface area contributed by atoms with Gasteiger partial charge in [-0.25, -0.2) is 9.13 Å². The maximum atomic E-state index is 13.2. The summed E-state index contributed by atoms with van der Waals surface area (Å²) in [4.78, 5) is 73.3. The van der Waals surface area contributed by atoms with E-state index >= 15 is 0 Å². The monoisotopic (exact) mass is 1580 g/mol. The predicted molar refractivity (Wildman–Crippen MR) is 446 cm³/mol. The fraction of sp³-hybridized carbons (Fsp3) is 0.955. The van der Waals surface area contributed by atoms with Crippen LogP contribution < -0.4 is 0 Å². The molecule has 0 aliphatic rings. The highest BCUT2D eigenvalue weighted by molar-refractivity contribution is 7.47. The summed E-state index contributed by atoms with van der Waals surface area (Å²) in [5.74, 6) is 1.07. The first-order valence-electron chi connectivity index (χ1n) is 45.7. The van der Waals surface area contributed by atoms with Crippen molar-refractivity contribution in [1.29, 1.82) is 0 Å². The fourth-order valence-electron chi connectivity index (χ4n) is 13.8. The van der Waals surface area contributed by atoms with E-state index in [9.17, 15) is 43.2 Å². The number of phosphoric ester groups is 2. The second-order valence-electron chi connectivity index (χ2n) is 33.7. The van der Waals surface area contributed by atoms with E-state index in [0.29, 0.717) is 31.6 Å². The Kier molecular flexibility index (Phi) is 76.2. The summed E-state index contributed by atoms with van der Waals surface area (Å²) in [6, 6.07) is 0. The second-order valence-corrected chi connectivity index (χ2v) is 36.6. The van der Waals surface area contributed by atoms with Gasteiger partial charge in [-0.1, -0.05) is 415 Å². The van der Waals surface area contributed by atoms with Gasteiger partial charge in [-0.05, 0) is 49.4 Å². The Morgan fingerprint density at radius 1 is 0.259 bits per heavy atom. The Morgan fingerprint density at radius 3 is 0.657 bits per heavy atom. The number of aliphatic hydroxyl groups is 1. The van der Waals surface area contributed by atoms with Crippen molar-refractivity contribution in [3.8, 4) is 0 Å². The van der Waals surface area contributed by atoms with Crippen molar-refractivity contribution < 1.29 is 80.2 Å². The second kappa shape index (κ2) is 77.6. The fourth-order valence-corrected chi connectivity index (χ4v) is 15.4. The van der Waals surface area contributed by atoms with Crippen LogP contribution in [0.4, 0.5) is 0 Å². The van der Waals surface area contributed by atoms with Crippen molar-refractivity contribution in [1.82, 2.24) is 0 Å². The molecule has 0 aliphatic heterocycles. The molecule has 3 N–H and O–H groups in total. The molecule has 0 aromatic carbocycles. The predicted octanol–water partition coefficient (Wildman–Crippen LogP) is 27.1. The number of carbonyl (C=O) groups excluding carboxylic acids is 4. The zero-order valence-electron chi connectivity index (χ0n) is 71.5. The lowest BCUT2D eigenvalue weighted by Crippen LogP contribution is -2.30. The minimum Gasteiger partial charge on any atom is -0.462 e. The maximum Gasteiger partial charge on any atom is 0.472 e. The van der Waals surface area contributed by atoms with Crippen molar-refractivity contribution in [2.75, 3.05) is 39.6 Å². The van der Waals surface area contributed by atoms with E-state index in [0.717, 1.165) is 114 Å². The van der Waals surface area contributed by atoms with Crippen molar-refractivity contribution in [2.24, 2.45) is 23.7 Å². The lowest BCUT2D eigenvalue weighted by atomic mass is 9.99. The van der Waals surface area contributed by atoms with Gasteiger partial charge in [-0.2, -0.15) is 0 Å². The SMILES string of the molecule is CCC(C)CCCCCCCCCCCCCCCCCCCCC(=O)O[C@H](COC(=O)CCCCCCCCCCCCCCCCCCCCC(C)C)COP(=O)(O)OCC(O)COP(=O)(O)OC[C@@H](COC(=O)CCCCCCCCCC(C)C)OC(=O)CCCCCCCCCCCCCCC(C)C. The quantitative estimate of drug-likeness (QED) is 0.0222. The summed E-state index contributed by atoms with van der Waals surface area (Å²) in [5, 5.41) is 10.7. The number of aliphatic hydroxyl groups excluding tert-OH is 1. The van der Waals surface area contributed by atoms with Gasteiger partial charge in [-0.15, -0.1) is 0 Å². The van der Waals surface area contributed by atoms with E-state index in [2.05, 4.69) is 55.4 Å². The van der Waals surface area contributed by atoms with Crippen molar-refractivity contribution >= 4 is 39.5 Å². The van der Waals surface area contributed by atoms with Crippen LogP contribution in [-0.4, -0.2) is 96.7 Å². The maximum absolute atomic E-state index is 13.2. The normalized spacial score (nSPS) is 14.1. The Morgan fingerprint density at radius 2 is 0.444 bits per heavy atom. The molecule has 0 fully saturated rings. The van der Waals surface area contributed by atoms with Crippen LogP contribution in [0, 0.1) is 23.7 Å². The first-order valence-corrected chi connectivity index (χ1v) is 48.7. The molecule has 0 aliphatic carbocycles. The number of esters is 4. The summed E-state index contributed by atoms with van der Waals surface area (Å²) >= 11 is 0. The molecule has 0 aromatic rings. The van der Waals surface area contributed by atoms with Crippen LogP contribution in [-0.2, 0) is 65.4 Å². The molecule has 4 unspecified atom stereocenters. The molecule has 0 rings (SSSR count). The van der Waals surface area contributed by atoms with Gasteiger partial charge in [-0.3, -0.25) is 37.3 Å². The van der Waals surface area contributed by atoms with Gasteiger partial charge in [0.15, 0.2) is 12.2 Å². The van der Waals surface area contributed by atoms with E-state index in [1.165, 1.54) is 263 Å². The van der Waals surface area contributed by atoms with Crippen LogP contribution in [0.15, 0.2) is 0 Å². The average molecular weight is 1580 g/mol. The van der Waals surface area contributed by atoms with Gasteiger partial charge in [0.1, 0.15) is 19.3 Å². The van der Waals surface area contributed by atoms with Gasteiger partial charge in [0.2, 0.25) is 0 Å². The molecule has 0 aromatic heterocycles. The number of rotatable bonds is 86. The number of ether oxygens (including phenoxy) is 4. The number of hydrogen-bond acceptors (Lipinski definition) is 15. The molecule has 642 valence electrons. The minimum absolute atomic E-state index is 0.106. The number of phosphoric acid groups is 2. The Labute approximate surface area is 664 Å². The Bertz CT molecular complexity index is 2100. The molecular formula is C89H174O17P2. The van der Waals surface area contributed by atoms with Crippen LogP contribution in [0.25, 0.3) is 0 Å². The molecule has 108 heavy (non-hydrogen) atoms. The van der Waals surface area contributed by atoms with Crippen molar-refractivity contribution in [3.63, 3.8) is 0 Å². The van der Waals surface area contributed by atoms with E-state index in [1.54, 1.807) is 0 Å². The van der Waals surface area contributed by atoms with E-state index in [4.69, 9.17) is 37.0 Å². The number of hydrogen-bond donors (Lipinski definition) is 3. The molecule has 0 saturated carbocycles. The molecule has 6 atom stereocenters. The van der Waals surface area contributed by atoms with Gasteiger partial charge < -0.3 is 33.8 Å². The van der Waals surface area contributed by atoms with Gasteiger partial charge >= 0.3 is 39.5 Å². The third-order valence-corrected chi connectivity index (χ3v) is 23.1. The Balaban J connectivity index is 5.22. The Hall–Kier alpha value is -1.94. The molecule has 17 nitrogen and oxygen atoms in total. The molecule has 0 heterocycles. The minimum atomic E-state index is -4.97. The first-order chi connectivity index (χ1) is 52.1.